The van der Waals surface area contributed by atoms with E-state index in [-0.39, 0.29) is 11.5 Å². The van der Waals surface area contributed by atoms with Crippen LogP contribution in [-0.2, 0) is 0 Å². The van der Waals surface area contributed by atoms with E-state index >= 15 is 0 Å². The van der Waals surface area contributed by atoms with E-state index in [0.29, 0.717) is 39.4 Å². The molecule has 3 aromatic rings. The van der Waals surface area contributed by atoms with Gasteiger partial charge in [0, 0.05) is 25.7 Å². The number of aromatic hydroxyl groups is 1. The number of furan rings is 1. The molecule has 1 heterocycles. The van der Waals surface area contributed by atoms with Crippen LogP contribution in [0, 0.1) is 0 Å². The molecule has 0 unspecified atom stereocenters. The number of nitrogens with zero attached hydrogens (tertiary/aromatic N) is 1. The van der Waals surface area contributed by atoms with Crippen molar-refractivity contribution in [3.05, 3.63) is 59.5 Å². The standard InChI is InChI=1S/C21H21NO5/c1-22(2)10-9-19-20(15-11-13(23)5-7-18(15)27-19)21(24)16-12-14(25-3)6-8-17(16)26-4/h5-12,23H,1-4H3. The Morgan fingerprint density at radius 1 is 1.11 bits per heavy atom. The highest BCUT2D eigenvalue weighted by Crippen LogP contribution is 2.34. The second-order valence-electron chi connectivity index (χ2n) is 6.20. The molecule has 0 spiro atoms. The molecule has 6 nitrogen and oxygen atoms in total. The molecule has 0 saturated carbocycles. The first-order valence-electron chi connectivity index (χ1n) is 8.31. The number of ether oxygens (including phenoxy) is 2. The van der Waals surface area contributed by atoms with E-state index in [1.807, 2.05) is 19.0 Å². The summed E-state index contributed by atoms with van der Waals surface area (Å²) in [6.45, 7) is 0. The predicted molar refractivity (Wildman–Crippen MR) is 104 cm³/mol. The summed E-state index contributed by atoms with van der Waals surface area (Å²) in [6.07, 6.45) is 3.51. The van der Waals surface area contributed by atoms with E-state index < -0.39 is 0 Å². The minimum atomic E-state index is -0.284. The zero-order valence-electron chi connectivity index (χ0n) is 15.6. The minimum absolute atomic E-state index is 0.0538. The molecule has 0 bridgehead atoms. The molecular formula is C21H21NO5. The molecule has 0 saturated heterocycles. The number of hydrogen-bond donors (Lipinski definition) is 1. The quantitative estimate of drug-likeness (QED) is 0.666. The summed E-state index contributed by atoms with van der Waals surface area (Å²) in [4.78, 5) is 15.3. The molecule has 0 aliphatic heterocycles. The average Bonchev–Trinajstić information content (AvgIpc) is 3.02. The van der Waals surface area contributed by atoms with Gasteiger partial charge in [0.05, 0.1) is 25.3 Å². The molecule has 3 rings (SSSR count). The van der Waals surface area contributed by atoms with Crippen LogP contribution in [0.4, 0.5) is 0 Å². The number of carbonyl (C=O) groups excluding carboxylic acids is 1. The van der Waals surface area contributed by atoms with E-state index in [9.17, 15) is 9.90 Å². The lowest BCUT2D eigenvalue weighted by atomic mass is 9.98. The fourth-order valence-corrected chi connectivity index (χ4v) is 2.80. The normalized spacial score (nSPS) is 11.1. The Balaban J connectivity index is 2.24. The smallest absolute Gasteiger partial charge is 0.201 e. The van der Waals surface area contributed by atoms with Crippen LogP contribution >= 0.6 is 0 Å². The van der Waals surface area contributed by atoms with Crippen molar-refractivity contribution in [2.45, 2.75) is 0 Å². The first-order chi connectivity index (χ1) is 12.9. The Hall–Kier alpha value is -3.41. The molecule has 1 aromatic heterocycles. The average molecular weight is 367 g/mol. The molecule has 0 fully saturated rings. The number of fused-ring (bicyclic) bond motifs is 1. The zero-order valence-corrected chi connectivity index (χ0v) is 15.6. The van der Waals surface area contributed by atoms with Gasteiger partial charge in [-0.15, -0.1) is 0 Å². The number of rotatable bonds is 6. The van der Waals surface area contributed by atoms with Crippen molar-refractivity contribution < 1.29 is 23.8 Å². The van der Waals surface area contributed by atoms with Crippen LogP contribution < -0.4 is 9.47 Å². The van der Waals surface area contributed by atoms with E-state index in [0.717, 1.165) is 0 Å². The lowest BCUT2D eigenvalue weighted by molar-refractivity contribution is 0.103. The lowest BCUT2D eigenvalue weighted by Gasteiger charge is -2.10. The van der Waals surface area contributed by atoms with Gasteiger partial charge in [-0.05, 0) is 42.5 Å². The second kappa shape index (κ2) is 7.45. The minimum Gasteiger partial charge on any atom is -0.508 e. The van der Waals surface area contributed by atoms with Crippen molar-refractivity contribution in [2.75, 3.05) is 28.3 Å². The maximum atomic E-state index is 13.4. The number of phenolic OH excluding ortho intramolecular Hbond substituents is 1. The number of carbonyl (C=O) groups is 1. The molecule has 6 heteroatoms. The summed E-state index contributed by atoms with van der Waals surface area (Å²) in [5.74, 6) is 1.14. The Labute approximate surface area is 157 Å². The van der Waals surface area contributed by atoms with Crippen LogP contribution in [0.5, 0.6) is 17.2 Å². The van der Waals surface area contributed by atoms with Crippen LogP contribution in [0.25, 0.3) is 17.0 Å². The van der Waals surface area contributed by atoms with Gasteiger partial charge < -0.3 is 23.9 Å². The van der Waals surface area contributed by atoms with Gasteiger partial charge in [-0.25, -0.2) is 0 Å². The summed E-state index contributed by atoms with van der Waals surface area (Å²) in [6, 6.07) is 9.71. The number of phenols is 1. The molecule has 0 amide bonds. The topological polar surface area (TPSA) is 72.1 Å². The van der Waals surface area contributed by atoms with Crippen molar-refractivity contribution in [3.63, 3.8) is 0 Å². The molecule has 0 aliphatic rings. The van der Waals surface area contributed by atoms with E-state index in [2.05, 4.69) is 0 Å². The van der Waals surface area contributed by atoms with Crippen molar-refractivity contribution in [1.29, 1.82) is 0 Å². The SMILES string of the molecule is COc1ccc(OC)c(C(=O)c2c(C=CN(C)C)oc3ccc(O)cc23)c1. The first kappa shape index (κ1) is 18.4. The Bertz CT molecular complexity index is 1020. The van der Waals surface area contributed by atoms with Crippen LogP contribution in [0.3, 0.4) is 0 Å². The number of ketones is 1. The van der Waals surface area contributed by atoms with Gasteiger partial charge in [-0.3, -0.25) is 4.79 Å². The van der Waals surface area contributed by atoms with Gasteiger partial charge in [-0.2, -0.15) is 0 Å². The molecule has 0 radical (unpaired) electrons. The van der Waals surface area contributed by atoms with Crippen LogP contribution in [0.15, 0.2) is 47.0 Å². The highest BCUT2D eigenvalue weighted by atomic mass is 16.5. The van der Waals surface area contributed by atoms with Gasteiger partial charge >= 0.3 is 0 Å². The van der Waals surface area contributed by atoms with Gasteiger partial charge in [-0.1, -0.05) is 0 Å². The van der Waals surface area contributed by atoms with Crippen molar-refractivity contribution in [3.8, 4) is 17.2 Å². The summed E-state index contributed by atoms with van der Waals surface area (Å²) in [5, 5.41) is 10.4. The van der Waals surface area contributed by atoms with Crippen molar-refractivity contribution >= 4 is 22.8 Å². The Morgan fingerprint density at radius 3 is 2.56 bits per heavy atom. The van der Waals surface area contributed by atoms with E-state index in [1.165, 1.54) is 26.4 Å². The lowest BCUT2D eigenvalue weighted by Crippen LogP contribution is -2.06. The predicted octanol–water partition coefficient (Wildman–Crippen LogP) is 3.92. The third-order valence-corrected chi connectivity index (χ3v) is 4.10. The monoisotopic (exact) mass is 367 g/mol. The summed E-state index contributed by atoms with van der Waals surface area (Å²) >= 11 is 0. The number of benzene rings is 2. The zero-order chi connectivity index (χ0) is 19.6. The van der Waals surface area contributed by atoms with E-state index in [4.69, 9.17) is 13.9 Å². The Morgan fingerprint density at radius 2 is 1.89 bits per heavy atom. The molecule has 140 valence electrons. The molecule has 0 aliphatic carbocycles. The second-order valence-corrected chi connectivity index (χ2v) is 6.20. The van der Waals surface area contributed by atoms with Crippen molar-refractivity contribution in [1.82, 2.24) is 4.90 Å². The fraction of sp³-hybridized carbons (Fsp3) is 0.190. The van der Waals surface area contributed by atoms with Crippen LogP contribution in [0.2, 0.25) is 0 Å². The molecule has 1 N–H and O–H groups in total. The number of methoxy groups -OCH3 is 2. The number of hydrogen-bond acceptors (Lipinski definition) is 6. The Kier molecular flexibility index (Phi) is 5.07. The summed E-state index contributed by atoms with van der Waals surface area (Å²) in [7, 11) is 6.78. The molecule has 27 heavy (non-hydrogen) atoms. The van der Waals surface area contributed by atoms with Crippen LogP contribution in [-0.4, -0.2) is 44.1 Å². The highest BCUT2D eigenvalue weighted by molar-refractivity contribution is 6.19. The van der Waals surface area contributed by atoms with Gasteiger partial charge in [0.1, 0.15) is 28.6 Å². The highest BCUT2D eigenvalue weighted by Gasteiger charge is 2.24. The maximum absolute atomic E-state index is 13.4. The summed E-state index contributed by atoms with van der Waals surface area (Å²) in [5.41, 5.74) is 1.21. The van der Waals surface area contributed by atoms with Gasteiger partial charge in [0.2, 0.25) is 5.78 Å². The first-order valence-corrected chi connectivity index (χ1v) is 8.31. The third kappa shape index (κ3) is 3.60. The molecule has 2 aromatic carbocycles. The maximum Gasteiger partial charge on any atom is 0.201 e. The van der Waals surface area contributed by atoms with Gasteiger partial charge in [0.25, 0.3) is 0 Å². The van der Waals surface area contributed by atoms with E-state index in [1.54, 1.807) is 36.5 Å². The molecular weight excluding hydrogens is 346 g/mol. The third-order valence-electron chi connectivity index (χ3n) is 4.10. The summed E-state index contributed by atoms with van der Waals surface area (Å²) < 4.78 is 16.5. The molecule has 0 atom stereocenters. The fourth-order valence-electron chi connectivity index (χ4n) is 2.80. The largest absolute Gasteiger partial charge is 0.508 e. The van der Waals surface area contributed by atoms with Gasteiger partial charge in [0.15, 0.2) is 0 Å². The van der Waals surface area contributed by atoms with Crippen molar-refractivity contribution in [2.24, 2.45) is 0 Å². The van der Waals surface area contributed by atoms with Crippen LogP contribution in [0.1, 0.15) is 21.7 Å².